The van der Waals surface area contributed by atoms with Crippen molar-refractivity contribution in [2.24, 2.45) is 0 Å². The maximum Gasteiger partial charge on any atom is 0.239 e. The minimum Gasteiger partial charge on any atom is -0.358 e. The van der Waals surface area contributed by atoms with Crippen molar-refractivity contribution in [1.29, 1.82) is 0 Å². The number of carbonyl (C=O) groups excluding carboxylic acids is 1. The molecule has 2 N–H and O–H groups in total. The van der Waals surface area contributed by atoms with Gasteiger partial charge in [0.05, 0.1) is 6.54 Å². The van der Waals surface area contributed by atoms with Crippen molar-refractivity contribution in [2.45, 2.75) is 19.9 Å². The van der Waals surface area contributed by atoms with Gasteiger partial charge in [-0.1, -0.05) is 13.0 Å². The Morgan fingerprint density at radius 2 is 2.22 bits per heavy atom. The van der Waals surface area contributed by atoms with Gasteiger partial charge in [-0.25, -0.2) is 4.98 Å². The minimum atomic E-state index is 0.00418. The molecule has 1 heterocycles. The molecule has 5 nitrogen and oxygen atoms in total. The molecule has 0 bridgehead atoms. The van der Waals surface area contributed by atoms with Gasteiger partial charge in [0.25, 0.3) is 0 Å². The average Bonchev–Trinajstić information content (AvgIpc) is 2.39. The summed E-state index contributed by atoms with van der Waals surface area (Å²) in [7, 11) is 3.55. The van der Waals surface area contributed by atoms with Crippen LogP contribution in [0.2, 0.25) is 0 Å². The van der Waals surface area contributed by atoms with E-state index >= 15 is 0 Å². The number of amides is 1. The fraction of sp³-hybridized carbons (Fsp3) is 0.538. The number of likely N-dealkylation sites (N-methyl/N-ethyl adjacent to an activating group) is 1. The van der Waals surface area contributed by atoms with E-state index in [1.54, 1.807) is 13.2 Å². The third-order valence-electron chi connectivity index (χ3n) is 2.64. The Labute approximate surface area is 109 Å². The van der Waals surface area contributed by atoms with Crippen molar-refractivity contribution in [3.63, 3.8) is 0 Å². The van der Waals surface area contributed by atoms with Crippen LogP contribution in [-0.2, 0) is 11.3 Å². The van der Waals surface area contributed by atoms with Gasteiger partial charge in [0, 0.05) is 31.9 Å². The molecule has 18 heavy (non-hydrogen) atoms. The Morgan fingerprint density at radius 3 is 2.83 bits per heavy atom. The number of nitrogens with zero attached hydrogens (tertiary/aromatic N) is 2. The van der Waals surface area contributed by atoms with E-state index in [0.29, 0.717) is 6.54 Å². The first-order valence-corrected chi connectivity index (χ1v) is 6.27. The summed E-state index contributed by atoms with van der Waals surface area (Å²) in [6.45, 7) is 4.01. The second-order valence-corrected chi connectivity index (χ2v) is 4.11. The first-order valence-electron chi connectivity index (χ1n) is 6.27. The Bertz CT molecular complexity index is 381. The van der Waals surface area contributed by atoms with Crippen LogP contribution in [0.15, 0.2) is 18.3 Å². The van der Waals surface area contributed by atoms with Crippen LogP contribution in [0.25, 0.3) is 0 Å². The largest absolute Gasteiger partial charge is 0.358 e. The maximum atomic E-state index is 11.5. The molecule has 0 spiro atoms. The van der Waals surface area contributed by atoms with E-state index in [0.717, 1.165) is 30.9 Å². The Hall–Kier alpha value is -1.62. The third kappa shape index (κ3) is 4.00. The van der Waals surface area contributed by atoms with Crippen molar-refractivity contribution in [3.8, 4) is 0 Å². The molecule has 0 saturated carbocycles. The van der Waals surface area contributed by atoms with Crippen LogP contribution in [0.3, 0.4) is 0 Å². The van der Waals surface area contributed by atoms with E-state index in [9.17, 15) is 4.79 Å². The zero-order chi connectivity index (χ0) is 13.4. The van der Waals surface area contributed by atoms with Gasteiger partial charge in [-0.15, -0.1) is 0 Å². The molecule has 100 valence electrons. The van der Waals surface area contributed by atoms with Crippen LogP contribution in [0, 0.1) is 0 Å². The van der Waals surface area contributed by atoms with Gasteiger partial charge in [-0.05, 0) is 19.5 Å². The molecule has 0 radical (unpaired) electrons. The normalized spacial score (nSPS) is 10.2. The van der Waals surface area contributed by atoms with Gasteiger partial charge in [0.2, 0.25) is 5.91 Å². The number of anilines is 1. The summed E-state index contributed by atoms with van der Waals surface area (Å²) < 4.78 is 0. The molecule has 0 unspecified atom stereocenters. The van der Waals surface area contributed by atoms with Crippen molar-refractivity contribution in [3.05, 3.63) is 23.9 Å². The zero-order valence-corrected chi connectivity index (χ0v) is 11.4. The highest BCUT2D eigenvalue weighted by Crippen LogP contribution is 2.17. The van der Waals surface area contributed by atoms with Crippen molar-refractivity contribution < 1.29 is 4.79 Å². The molecule has 0 fully saturated rings. The van der Waals surface area contributed by atoms with E-state index in [2.05, 4.69) is 22.5 Å². The molecule has 1 aromatic heterocycles. The molecule has 0 atom stereocenters. The smallest absolute Gasteiger partial charge is 0.239 e. The van der Waals surface area contributed by atoms with E-state index in [-0.39, 0.29) is 5.91 Å². The van der Waals surface area contributed by atoms with Crippen LogP contribution in [-0.4, -0.2) is 38.1 Å². The van der Waals surface area contributed by atoms with E-state index in [4.69, 9.17) is 0 Å². The second-order valence-electron chi connectivity index (χ2n) is 4.11. The lowest BCUT2D eigenvalue weighted by atomic mass is 10.2. The van der Waals surface area contributed by atoms with Crippen molar-refractivity contribution >= 4 is 11.7 Å². The van der Waals surface area contributed by atoms with Gasteiger partial charge in [-0.3, -0.25) is 4.79 Å². The quantitative estimate of drug-likeness (QED) is 0.750. The van der Waals surface area contributed by atoms with E-state index in [1.807, 2.05) is 24.1 Å². The van der Waals surface area contributed by atoms with Crippen LogP contribution >= 0.6 is 0 Å². The molecular formula is C13H22N4O. The standard InChI is InChI=1S/C13H22N4O/c1-4-8-17(10-12(18)15-3)13-11(9-14-2)6-5-7-16-13/h5-7,14H,4,8-10H2,1-3H3,(H,15,18). The molecule has 1 aromatic rings. The lowest BCUT2D eigenvalue weighted by Gasteiger charge is -2.24. The summed E-state index contributed by atoms with van der Waals surface area (Å²) in [5.74, 6) is 0.891. The first-order chi connectivity index (χ1) is 8.72. The number of nitrogens with one attached hydrogen (secondary N) is 2. The molecule has 1 rings (SSSR count). The summed E-state index contributed by atoms with van der Waals surface area (Å²) in [5.41, 5.74) is 1.11. The zero-order valence-electron chi connectivity index (χ0n) is 11.4. The molecule has 0 aliphatic rings. The molecule has 0 aromatic carbocycles. The predicted octanol–water partition coefficient (Wildman–Crippen LogP) is 0.763. The number of aromatic nitrogens is 1. The topological polar surface area (TPSA) is 57.3 Å². The van der Waals surface area contributed by atoms with Crippen molar-refractivity contribution in [1.82, 2.24) is 15.6 Å². The van der Waals surface area contributed by atoms with E-state index in [1.165, 1.54) is 0 Å². The summed E-state index contributed by atoms with van der Waals surface area (Å²) in [6.07, 6.45) is 2.74. The first kappa shape index (κ1) is 14.4. The summed E-state index contributed by atoms with van der Waals surface area (Å²) in [5, 5.41) is 5.77. The minimum absolute atomic E-state index is 0.00418. The summed E-state index contributed by atoms with van der Waals surface area (Å²) >= 11 is 0. The highest BCUT2D eigenvalue weighted by Gasteiger charge is 2.14. The van der Waals surface area contributed by atoms with Crippen LogP contribution in [0.5, 0.6) is 0 Å². The van der Waals surface area contributed by atoms with Gasteiger partial charge in [0.1, 0.15) is 5.82 Å². The van der Waals surface area contributed by atoms with Crippen LogP contribution in [0.4, 0.5) is 5.82 Å². The average molecular weight is 250 g/mol. The van der Waals surface area contributed by atoms with Crippen LogP contribution < -0.4 is 15.5 Å². The molecule has 0 aliphatic heterocycles. The van der Waals surface area contributed by atoms with E-state index < -0.39 is 0 Å². The highest BCUT2D eigenvalue weighted by atomic mass is 16.1. The van der Waals surface area contributed by atoms with Crippen LogP contribution in [0.1, 0.15) is 18.9 Å². The number of pyridine rings is 1. The molecular weight excluding hydrogens is 228 g/mol. The Kier molecular flexibility index (Phi) is 6.14. The lowest BCUT2D eigenvalue weighted by Crippen LogP contribution is -2.37. The number of hydrogen-bond donors (Lipinski definition) is 2. The van der Waals surface area contributed by atoms with Crippen molar-refractivity contribution in [2.75, 3.05) is 32.1 Å². The SMILES string of the molecule is CCCN(CC(=O)NC)c1ncccc1CNC. The third-order valence-corrected chi connectivity index (χ3v) is 2.64. The Morgan fingerprint density at radius 1 is 1.44 bits per heavy atom. The van der Waals surface area contributed by atoms with Gasteiger partial charge < -0.3 is 15.5 Å². The van der Waals surface area contributed by atoms with Gasteiger partial charge >= 0.3 is 0 Å². The Balaban J connectivity index is 2.93. The highest BCUT2D eigenvalue weighted by molar-refractivity contribution is 5.80. The van der Waals surface area contributed by atoms with Gasteiger partial charge in [0.15, 0.2) is 0 Å². The number of rotatable bonds is 7. The van der Waals surface area contributed by atoms with Gasteiger partial charge in [-0.2, -0.15) is 0 Å². The molecule has 5 heteroatoms. The predicted molar refractivity (Wildman–Crippen MR) is 73.6 cm³/mol. The maximum absolute atomic E-state index is 11.5. The monoisotopic (exact) mass is 250 g/mol. The molecule has 0 aliphatic carbocycles. The fourth-order valence-electron chi connectivity index (χ4n) is 1.83. The lowest BCUT2D eigenvalue weighted by molar-refractivity contribution is -0.119. The summed E-state index contributed by atoms with van der Waals surface area (Å²) in [6, 6.07) is 3.95. The summed E-state index contributed by atoms with van der Waals surface area (Å²) in [4.78, 5) is 18.0. The fourth-order valence-corrected chi connectivity index (χ4v) is 1.83. The molecule has 0 saturated heterocycles. The molecule has 1 amide bonds. The number of hydrogen-bond acceptors (Lipinski definition) is 4. The number of carbonyl (C=O) groups is 1. The second kappa shape index (κ2) is 7.66.